The first kappa shape index (κ1) is 18.6. The van der Waals surface area contributed by atoms with Crippen molar-refractivity contribution in [3.8, 4) is 11.3 Å². The summed E-state index contributed by atoms with van der Waals surface area (Å²) in [4.78, 5) is 32.3. The Balaban J connectivity index is 1.74. The molecule has 2 N–H and O–H groups in total. The number of fused-ring (bicyclic) bond motifs is 1. The minimum atomic E-state index is -0.347. The zero-order valence-electron chi connectivity index (χ0n) is 16.9. The molecule has 148 valence electrons. The molecule has 0 spiro atoms. The highest BCUT2D eigenvalue weighted by molar-refractivity contribution is 5.86. The molecule has 7 heteroatoms. The lowest BCUT2D eigenvalue weighted by Crippen LogP contribution is -2.31. The Morgan fingerprint density at radius 1 is 1.14 bits per heavy atom. The number of aryl methyl sites for hydroxylation is 2. The summed E-state index contributed by atoms with van der Waals surface area (Å²) < 4.78 is 1.65. The van der Waals surface area contributed by atoms with E-state index in [1.165, 1.54) is 12.1 Å². The van der Waals surface area contributed by atoms with Gasteiger partial charge in [-0.2, -0.15) is 0 Å². The van der Waals surface area contributed by atoms with E-state index in [4.69, 9.17) is 0 Å². The van der Waals surface area contributed by atoms with Crippen molar-refractivity contribution in [2.45, 2.75) is 25.8 Å². The van der Waals surface area contributed by atoms with E-state index < -0.39 is 0 Å². The highest BCUT2D eigenvalue weighted by Crippen LogP contribution is 2.29. The summed E-state index contributed by atoms with van der Waals surface area (Å²) in [5.74, 6) is 0. The molecule has 0 saturated carbocycles. The van der Waals surface area contributed by atoms with Crippen LogP contribution in [0, 0.1) is 0 Å². The Morgan fingerprint density at radius 3 is 2.46 bits per heavy atom. The van der Waals surface area contributed by atoms with Crippen molar-refractivity contribution in [2.24, 2.45) is 7.05 Å². The van der Waals surface area contributed by atoms with E-state index in [1.807, 2.05) is 6.92 Å². The number of nitrogens with one attached hydrogen (secondary N) is 2. The van der Waals surface area contributed by atoms with Crippen molar-refractivity contribution >= 4 is 16.6 Å². The van der Waals surface area contributed by atoms with Gasteiger partial charge < -0.3 is 14.8 Å². The number of nitrogens with zero attached hydrogens (tertiary/aromatic N) is 3. The Bertz CT molecular complexity index is 1120. The smallest absolute Gasteiger partial charge is 0.277 e. The van der Waals surface area contributed by atoms with Crippen molar-refractivity contribution < 1.29 is 0 Å². The maximum atomic E-state index is 12.5. The van der Waals surface area contributed by atoms with Gasteiger partial charge in [0.25, 0.3) is 11.1 Å². The van der Waals surface area contributed by atoms with Gasteiger partial charge in [0.1, 0.15) is 5.39 Å². The molecule has 1 aliphatic rings. The normalized spacial score (nSPS) is 17.2. The van der Waals surface area contributed by atoms with E-state index in [1.54, 1.807) is 11.7 Å². The lowest BCUT2D eigenvalue weighted by molar-refractivity contribution is 0.315. The summed E-state index contributed by atoms with van der Waals surface area (Å²) in [6.07, 6.45) is 1.88. The van der Waals surface area contributed by atoms with Crippen LogP contribution in [0.2, 0.25) is 0 Å². The van der Waals surface area contributed by atoms with Gasteiger partial charge in [-0.1, -0.05) is 19.1 Å². The minimum Gasteiger partial charge on any atom is -0.370 e. The quantitative estimate of drug-likeness (QED) is 0.724. The molecule has 1 aromatic carbocycles. The highest BCUT2D eigenvalue weighted by Gasteiger charge is 2.24. The van der Waals surface area contributed by atoms with E-state index in [0.29, 0.717) is 18.0 Å². The number of hydrogen-bond donors (Lipinski definition) is 2. The lowest BCUT2D eigenvalue weighted by Gasteiger charge is -2.22. The fourth-order valence-electron chi connectivity index (χ4n) is 4.30. The molecule has 0 aliphatic carbocycles. The molecule has 3 aromatic rings. The molecule has 0 amide bonds. The summed E-state index contributed by atoms with van der Waals surface area (Å²) in [7, 11) is 6.03. The Labute approximate surface area is 163 Å². The van der Waals surface area contributed by atoms with Crippen molar-refractivity contribution in [1.82, 2.24) is 19.7 Å². The van der Waals surface area contributed by atoms with E-state index in [9.17, 15) is 9.59 Å². The van der Waals surface area contributed by atoms with Gasteiger partial charge in [-0.15, -0.1) is 0 Å². The SMILES string of the molecule is CCc1c(-c2ccc(N3CCC(N(C)C)C3)cc2)[nH]c(=O)c2c(=O)[nH]n(C)c12. The Hall–Kier alpha value is -2.80. The third-order valence-electron chi connectivity index (χ3n) is 5.89. The molecular formula is C21H27N5O2. The third kappa shape index (κ3) is 2.96. The number of hydrogen-bond acceptors (Lipinski definition) is 4. The molecule has 28 heavy (non-hydrogen) atoms. The summed E-state index contributed by atoms with van der Waals surface area (Å²) >= 11 is 0. The number of likely N-dealkylation sites (N-methyl/N-ethyl adjacent to an activating group) is 1. The first-order valence-electron chi connectivity index (χ1n) is 9.76. The fraction of sp³-hybridized carbons (Fsp3) is 0.429. The van der Waals surface area contributed by atoms with E-state index in [2.05, 4.69) is 58.2 Å². The van der Waals surface area contributed by atoms with Crippen molar-refractivity contribution in [3.63, 3.8) is 0 Å². The fourth-order valence-corrected chi connectivity index (χ4v) is 4.30. The lowest BCUT2D eigenvalue weighted by atomic mass is 10.0. The van der Waals surface area contributed by atoms with Crippen LogP contribution in [0.1, 0.15) is 18.9 Å². The maximum absolute atomic E-state index is 12.5. The second kappa shape index (κ2) is 6.98. The zero-order chi connectivity index (χ0) is 20.0. The molecule has 1 atom stereocenters. The molecule has 4 rings (SSSR count). The van der Waals surface area contributed by atoms with E-state index in [-0.39, 0.29) is 16.5 Å². The van der Waals surface area contributed by atoms with Crippen LogP contribution in [0.25, 0.3) is 22.2 Å². The molecule has 1 saturated heterocycles. The molecule has 7 nitrogen and oxygen atoms in total. The first-order valence-corrected chi connectivity index (χ1v) is 9.76. The maximum Gasteiger partial charge on any atom is 0.277 e. The van der Waals surface area contributed by atoms with Crippen LogP contribution >= 0.6 is 0 Å². The summed E-state index contributed by atoms with van der Waals surface area (Å²) in [6.45, 7) is 4.12. The Kier molecular flexibility index (Phi) is 4.63. The predicted octanol–water partition coefficient (Wildman–Crippen LogP) is 1.92. The van der Waals surface area contributed by atoms with Gasteiger partial charge >= 0.3 is 0 Å². The third-order valence-corrected chi connectivity index (χ3v) is 5.89. The van der Waals surface area contributed by atoms with Crippen molar-refractivity contribution in [1.29, 1.82) is 0 Å². The van der Waals surface area contributed by atoms with Gasteiger partial charge in [0.2, 0.25) is 0 Å². The van der Waals surface area contributed by atoms with Crippen LogP contribution in [0.5, 0.6) is 0 Å². The number of aromatic amines is 2. The average Bonchev–Trinajstić information content (AvgIpc) is 3.28. The second-order valence-electron chi connectivity index (χ2n) is 7.78. The molecular weight excluding hydrogens is 354 g/mol. The number of H-pyrrole nitrogens is 2. The number of anilines is 1. The van der Waals surface area contributed by atoms with Crippen LogP contribution in [0.15, 0.2) is 33.9 Å². The topological polar surface area (TPSA) is 77.1 Å². The first-order chi connectivity index (χ1) is 13.4. The summed E-state index contributed by atoms with van der Waals surface area (Å²) in [5.41, 5.74) is 3.90. The Morgan fingerprint density at radius 2 is 1.86 bits per heavy atom. The number of benzene rings is 1. The number of aromatic nitrogens is 3. The number of pyridine rings is 1. The predicted molar refractivity (Wildman–Crippen MR) is 113 cm³/mol. The van der Waals surface area contributed by atoms with Gasteiger partial charge in [-0.25, -0.2) is 0 Å². The molecule has 1 unspecified atom stereocenters. The van der Waals surface area contributed by atoms with Crippen LogP contribution in [0.3, 0.4) is 0 Å². The molecule has 0 radical (unpaired) electrons. The van der Waals surface area contributed by atoms with Gasteiger partial charge in [0.15, 0.2) is 0 Å². The molecule has 1 fully saturated rings. The summed E-state index contributed by atoms with van der Waals surface area (Å²) in [6, 6.07) is 8.93. The average molecular weight is 381 g/mol. The molecule has 2 aromatic heterocycles. The van der Waals surface area contributed by atoms with Gasteiger partial charge in [-0.3, -0.25) is 19.4 Å². The van der Waals surface area contributed by atoms with Crippen molar-refractivity contribution in [2.75, 3.05) is 32.1 Å². The van der Waals surface area contributed by atoms with E-state index in [0.717, 1.165) is 29.9 Å². The minimum absolute atomic E-state index is 0.200. The molecule has 0 bridgehead atoms. The second-order valence-corrected chi connectivity index (χ2v) is 7.78. The number of rotatable bonds is 4. The van der Waals surface area contributed by atoms with Gasteiger partial charge in [0, 0.05) is 37.4 Å². The van der Waals surface area contributed by atoms with E-state index >= 15 is 0 Å². The van der Waals surface area contributed by atoms with Gasteiger partial charge in [-0.05, 0) is 44.6 Å². The summed E-state index contributed by atoms with van der Waals surface area (Å²) in [5, 5.41) is 2.90. The van der Waals surface area contributed by atoms with Gasteiger partial charge in [0.05, 0.1) is 11.2 Å². The van der Waals surface area contributed by atoms with Crippen molar-refractivity contribution in [3.05, 3.63) is 50.5 Å². The van der Waals surface area contributed by atoms with Crippen LogP contribution in [-0.4, -0.2) is 52.9 Å². The van der Waals surface area contributed by atoms with Crippen LogP contribution < -0.4 is 16.0 Å². The standard InChI is InChI=1S/C21H27N5O2/c1-5-16-18(22-20(27)17-19(16)25(4)23-21(17)28)13-6-8-14(9-7-13)26-11-10-15(12-26)24(2)3/h6-9,15H,5,10-12H2,1-4H3,(H,22,27)(H,23,28). The monoisotopic (exact) mass is 381 g/mol. The molecule has 3 heterocycles. The zero-order valence-corrected chi connectivity index (χ0v) is 16.9. The van der Waals surface area contributed by atoms with Crippen LogP contribution in [-0.2, 0) is 13.5 Å². The highest BCUT2D eigenvalue weighted by atomic mass is 16.1. The van der Waals surface area contributed by atoms with Crippen LogP contribution in [0.4, 0.5) is 5.69 Å². The largest absolute Gasteiger partial charge is 0.370 e. The molecule has 1 aliphatic heterocycles.